The molecular formula is C17H27FN2O. The summed E-state index contributed by atoms with van der Waals surface area (Å²) in [5.41, 5.74) is 1.60. The van der Waals surface area contributed by atoms with Crippen molar-refractivity contribution in [3.05, 3.63) is 29.6 Å². The predicted octanol–water partition coefficient (Wildman–Crippen LogP) is 3.33. The summed E-state index contributed by atoms with van der Waals surface area (Å²) in [5.74, 6) is -0.134. The van der Waals surface area contributed by atoms with E-state index in [0.717, 1.165) is 37.2 Å². The van der Waals surface area contributed by atoms with Crippen LogP contribution in [-0.4, -0.2) is 31.8 Å². The molecule has 1 saturated heterocycles. The Morgan fingerprint density at radius 3 is 2.86 bits per heavy atom. The van der Waals surface area contributed by atoms with Crippen LogP contribution >= 0.6 is 0 Å². The average Bonchev–Trinajstić information content (AvgIpc) is 2.45. The van der Waals surface area contributed by atoms with Gasteiger partial charge in [0.25, 0.3) is 0 Å². The molecule has 118 valence electrons. The van der Waals surface area contributed by atoms with Gasteiger partial charge in [-0.25, -0.2) is 4.39 Å². The van der Waals surface area contributed by atoms with E-state index in [1.54, 1.807) is 19.2 Å². The van der Waals surface area contributed by atoms with Crippen LogP contribution in [-0.2, 0) is 11.3 Å². The number of anilines is 1. The minimum absolute atomic E-state index is 0.134. The van der Waals surface area contributed by atoms with Crippen molar-refractivity contribution in [1.29, 1.82) is 0 Å². The number of rotatable bonds is 5. The van der Waals surface area contributed by atoms with Crippen molar-refractivity contribution in [2.75, 3.05) is 25.1 Å². The van der Waals surface area contributed by atoms with Gasteiger partial charge in [0.05, 0.1) is 5.60 Å². The number of methoxy groups -OCH3 is 1. The molecule has 1 fully saturated rings. The Bertz CT molecular complexity index is 478. The number of nitrogens with one attached hydrogen (secondary N) is 1. The number of hydrogen-bond acceptors (Lipinski definition) is 3. The lowest BCUT2D eigenvalue weighted by molar-refractivity contribution is -0.00470. The number of halogens is 1. The second-order valence-electron chi connectivity index (χ2n) is 6.45. The van der Waals surface area contributed by atoms with Gasteiger partial charge in [0.2, 0.25) is 0 Å². The van der Waals surface area contributed by atoms with E-state index in [0.29, 0.717) is 12.6 Å². The third-order valence-electron chi connectivity index (χ3n) is 4.27. The molecule has 0 aliphatic carbocycles. The zero-order chi connectivity index (χ0) is 15.5. The van der Waals surface area contributed by atoms with Crippen molar-refractivity contribution in [2.45, 2.75) is 51.8 Å². The number of benzene rings is 1. The molecule has 1 aromatic carbocycles. The summed E-state index contributed by atoms with van der Waals surface area (Å²) in [6.45, 7) is 8.59. The number of hydrogen-bond donors (Lipinski definition) is 1. The van der Waals surface area contributed by atoms with Crippen LogP contribution < -0.4 is 10.2 Å². The highest BCUT2D eigenvalue weighted by Crippen LogP contribution is 2.31. The van der Waals surface area contributed by atoms with Crippen LogP contribution in [0.3, 0.4) is 0 Å². The average molecular weight is 294 g/mol. The Hall–Kier alpha value is -1.13. The molecule has 1 heterocycles. The van der Waals surface area contributed by atoms with Gasteiger partial charge in [-0.2, -0.15) is 0 Å². The lowest BCUT2D eigenvalue weighted by atomic mass is 9.93. The van der Waals surface area contributed by atoms with Crippen LogP contribution in [0.2, 0.25) is 0 Å². The molecule has 0 amide bonds. The van der Waals surface area contributed by atoms with Crippen LogP contribution in [0.1, 0.15) is 39.2 Å². The second-order valence-corrected chi connectivity index (χ2v) is 6.45. The minimum atomic E-state index is -0.146. The number of piperidine rings is 1. The van der Waals surface area contributed by atoms with Gasteiger partial charge >= 0.3 is 0 Å². The summed E-state index contributed by atoms with van der Waals surface area (Å²) in [6, 6.07) is 5.69. The first-order chi connectivity index (χ1) is 9.95. The molecule has 0 radical (unpaired) electrons. The molecule has 0 aromatic heterocycles. The largest absolute Gasteiger partial charge is 0.377 e. The molecule has 1 aromatic rings. The molecule has 4 heteroatoms. The zero-order valence-electron chi connectivity index (χ0n) is 13.6. The van der Waals surface area contributed by atoms with Gasteiger partial charge in [0.15, 0.2) is 0 Å². The van der Waals surface area contributed by atoms with Crippen molar-refractivity contribution in [2.24, 2.45) is 0 Å². The van der Waals surface area contributed by atoms with Crippen molar-refractivity contribution in [1.82, 2.24) is 5.32 Å². The Balaban J connectivity index is 2.24. The van der Waals surface area contributed by atoms with Gasteiger partial charge in [-0.3, -0.25) is 0 Å². The lowest BCUT2D eigenvalue weighted by Crippen LogP contribution is -2.48. The molecule has 1 aliphatic heterocycles. The Morgan fingerprint density at radius 1 is 1.43 bits per heavy atom. The minimum Gasteiger partial charge on any atom is -0.377 e. The van der Waals surface area contributed by atoms with Crippen LogP contribution in [0.15, 0.2) is 18.2 Å². The molecule has 21 heavy (non-hydrogen) atoms. The summed E-state index contributed by atoms with van der Waals surface area (Å²) >= 11 is 0. The van der Waals surface area contributed by atoms with E-state index >= 15 is 0 Å². The van der Waals surface area contributed by atoms with E-state index in [1.807, 2.05) is 6.07 Å². The zero-order valence-corrected chi connectivity index (χ0v) is 13.6. The summed E-state index contributed by atoms with van der Waals surface area (Å²) in [4.78, 5) is 2.26. The predicted molar refractivity (Wildman–Crippen MR) is 85.2 cm³/mol. The first-order valence-electron chi connectivity index (χ1n) is 7.76. The van der Waals surface area contributed by atoms with Gasteiger partial charge in [-0.1, -0.05) is 19.9 Å². The van der Waals surface area contributed by atoms with E-state index < -0.39 is 0 Å². The summed E-state index contributed by atoms with van der Waals surface area (Å²) in [7, 11) is 1.76. The standard InChI is InChI=1S/C17H27FN2O/c1-13(2)19-11-14-15(18)7-5-8-16(14)20-10-6-9-17(3,12-20)21-4/h5,7-8,13,19H,6,9-12H2,1-4H3. The van der Waals surface area contributed by atoms with Crippen LogP contribution in [0, 0.1) is 5.82 Å². The van der Waals surface area contributed by atoms with Crippen molar-refractivity contribution in [3.63, 3.8) is 0 Å². The summed E-state index contributed by atoms with van der Waals surface area (Å²) in [6.07, 6.45) is 2.12. The fourth-order valence-electron chi connectivity index (χ4n) is 2.90. The molecular weight excluding hydrogens is 267 g/mol. The topological polar surface area (TPSA) is 24.5 Å². The van der Waals surface area contributed by atoms with Gasteiger partial charge in [0.1, 0.15) is 5.82 Å². The molecule has 1 N–H and O–H groups in total. The summed E-state index contributed by atoms with van der Waals surface area (Å²) in [5, 5.41) is 3.32. The maximum Gasteiger partial charge on any atom is 0.129 e. The molecule has 0 saturated carbocycles. The highest BCUT2D eigenvalue weighted by molar-refractivity contribution is 5.55. The van der Waals surface area contributed by atoms with E-state index in [4.69, 9.17) is 4.74 Å². The fourth-order valence-corrected chi connectivity index (χ4v) is 2.90. The fraction of sp³-hybridized carbons (Fsp3) is 0.647. The molecule has 2 rings (SSSR count). The molecule has 0 bridgehead atoms. The van der Waals surface area contributed by atoms with Crippen molar-refractivity contribution in [3.8, 4) is 0 Å². The highest BCUT2D eigenvalue weighted by Gasteiger charge is 2.31. The molecule has 1 unspecified atom stereocenters. The molecule has 3 nitrogen and oxygen atoms in total. The van der Waals surface area contributed by atoms with Gasteiger partial charge in [0, 0.05) is 44.0 Å². The molecule has 1 atom stereocenters. The maximum atomic E-state index is 14.2. The number of ether oxygens (including phenoxy) is 1. The first kappa shape index (κ1) is 16.2. The quantitative estimate of drug-likeness (QED) is 0.901. The SMILES string of the molecule is COC1(C)CCCN(c2cccc(F)c2CNC(C)C)C1. The monoisotopic (exact) mass is 294 g/mol. The normalized spacial score (nSPS) is 22.9. The molecule has 1 aliphatic rings. The molecule has 0 spiro atoms. The Labute approximate surface area is 127 Å². The second kappa shape index (κ2) is 6.75. The maximum absolute atomic E-state index is 14.2. The number of nitrogens with zero attached hydrogens (tertiary/aromatic N) is 1. The third kappa shape index (κ3) is 3.95. The van der Waals surface area contributed by atoms with E-state index in [2.05, 4.69) is 31.0 Å². The van der Waals surface area contributed by atoms with E-state index in [1.165, 1.54) is 0 Å². The van der Waals surface area contributed by atoms with Gasteiger partial charge < -0.3 is 15.0 Å². The highest BCUT2D eigenvalue weighted by atomic mass is 19.1. The lowest BCUT2D eigenvalue weighted by Gasteiger charge is -2.41. The van der Waals surface area contributed by atoms with Gasteiger partial charge in [-0.15, -0.1) is 0 Å². The van der Waals surface area contributed by atoms with Crippen LogP contribution in [0.5, 0.6) is 0 Å². The van der Waals surface area contributed by atoms with Crippen molar-refractivity contribution < 1.29 is 9.13 Å². The third-order valence-corrected chi connectivity index (χ3v) is 4.27. The van der Waals surface area contributed by atoms with E-state index in [9.17, 15) is 4.39 Å². The Morgan fingerprint density at radius 2 is 2.19 bits per heavy atom. The smallest absolute Gasteiger partial charge is 0.129 e. The van der Waals surface area contributed by atoms with E-state index in [-0.39, 0.29) is 11.4 Å². The first-order valence-corrected chi connectivity index (χ1v) is 7.76. The van der Waals surface area contributed by atoms with Crippen LogP contribution in [0.25, 0.3) is 0 Å². The van der Waals surface area contributed by atoms with Crippen molar-refractivity contribution >= 4 is 5.69 Å². The van der Waals surface area contributed by atoms with Crippen LogP contribution in [0.4, 0.5) is 10.1 Å². The Kier molecular flexibility index (Phi) is 5.22. The van der Waals surface area contributed by atoms with Gasteiger partial charge in [-0.05, 0) is 31.9 Å². The summed E-state index contributed by atoms with van der Waals surface area (Å²) < 4.78 is 19.9.